The van der Waals surface area contributed by atoms with Crippen molar-refractivity contribution in [2.24, 2.45) is 5.92 Å². The van der Waals surface area contributed by atoms with Crippen LogP contribution in [-0.2, 0) is 9.53 Å². The third-order valence-corrected chi connectivity index (χ3v) is 6.61. The Hall–Kier alpha value is -3.68. The van der Waals surface area contributed by atoms with Crippen LogP contribution in [0.25, 0.3) is 6.08 Å². The van der Waals surface area contributed by atoms with Crippen molar-refractivity contribution in [1.82, 2.24) is 15.2 Å². The maximum atomic E-state index is 13.0. The molecule has 8 nitrogen and oxygen atoms in total. The summed E-state index contributed by atoms with van der Waals surface area (Å²) < 4.78 is 5.30. The number of piperidine rings is 1. The highest BCUT2D eigenvalue weighted by atomic mass is 16.6. The summed E-state index contributed by atoms with van der Waals surface area (Å²) in [5.41, 5.74) is 1.44. The highest BCUT2D eigenvalue weighted by Gasteiger charge is 2.24. The van der Waals surface area contributed by atoms with Crippen LogP contribution in [0.1, 0.15) is 81.6 Å². The molecule has 39 heavy (non-hydrogen) atoms. The molecule has 0 radical (unpaired) electrons. The summed E-state index contributed by atoms with van der Waals surface area (Å²) >= 11 is 0. The quantitative estimate of drug-likeness (QED) is 0.270. The van der Waals surface area contributed by atoms with Gasteiger partial charge in [0.1, 0.15) is 5.60 Å². The van der Waals surface area contributed by atoms with Gasteiger partial charge in [-0.3, -0.25) is 19.9 Å². The Morgan fingerprint density at radius 2 is 1.82 bits per heavy atom. The summed E-state index contributed by atoms with van der Waals surface area (Å²) in [5.74, 6) is 0.566. The van der Waals surface area contributed by atoms with Gasteiger partial charge in [0.25, 0.3) is 5.91 Å². The van der Waals surface area contributed by atoms with Crippen LogP contribution in [0.5, 0.6) is 0 Å². The van der Waals surface area contributed by atoms with Crippen molar-refractivity contribution in [2.45, 2.75) is 71.3 Å². The molecule has 0 spiro atoms. The standard InChI is InChI=1S/C31H42N4O4/c1-31(2,3)39-30(38)34-27-13-8-12-26(22-27)29(37)35-20-16-24(17-21-35)10-6-4-5-7-19-33-28(36)15-14-25-11-9-18-32-23-25/h8-9,11-15,18,22-24H,4-7,10,16-17,19-21H2,1-3H3,(H,33,36)(H,34,38)/b15-14+. The number of nitrogens with one attached hydrogen (secondary N) is 2. The molecule has 0 atom stereocenters. The van der Waals surface area contributed by atoms with Gasteiger partial charge in [-0.25, -0.2) is 4.79 Å². The fraction of sp³-hybridized carbons (Fsp3) is 0.484. The molecule has 2 heterocycles. The molecule has 1 saturated heterocycles. The Bertz CT molecular complexity index is 1100. The summed E-state index contributed by atoms with van der Waals surface area (Å²) in [6.07, 6.45) is 13.8. The number of nitrogens with zero attached hydrogens (tertiary/aromatic N) is 2. The highest BCUT2D eigenvalue weighted by Crippen LogP contribution is 2.25. The Morgan fingerprint density at radius 1 is 1.05 bits per heavy atom. The number of unbranched alkanes of at least 4 members (excludes halogenated alkanes) is 3. The number of amides is 3. The van der Waals surface area contributed by atoms with Crippen molar-refractivity contribution >= 4 is 29.7 Å². The third-order valence-electron chi connectivity index (χ3n) is 6.61. The first kappa shape index (κ1) is 29.9. The third kappa shape index (κ3) is 11.3. The lowest BCUT2D eigenvalue weighted by molar-refractivity contribution is -0.116. The van der Waals surface area contributed by atoms with E-state index in [0.717, 1.165) is 50.8 Å². The van der Waals surface area contributed by atoms with E-state index in [4.69, 9.17) is 4.74 Å². The molecular weight excluding hydrogens is 492 g/mol. The van der Waals surface area contributed by atoms with E-state index in [1.807, 2.05) is 37.8 Å². The second-order valence-electron chi connectivity index (χ2n) is 11.1. The Kier molecular flexibility index (Phi) is 11.5. The van der Waals surface area contributed by atoms with E-state index in [9.17, 15) is 14.4 Å². The number of rotatable bonds is 11. The van der Waals surface area contributed by atoms with Crippen LogP contribution in [0.4, 0.5) is 10.5 Å². The van der Waals surface area contributed by atoms with Gasteiger partial charge in [-0.2, -0.15) is 0 Å². The van der Waals surface area contributed by atoms with Crippen molar-refractivity contribution < 1.29 is 19.1 Å². The van der Waals surface area contributed by atoms with E-state index in [1.54, 1.807) is 48.8 Å². The lowest BCUT2D eigenvalue weighted by Gasteiger charge is -2.32. The van der Waals surface area contributed by atoms with Crippen LogP contribution in [0.2, 0.25) is 0 Å². The largest absolute Gasteiger partial charge is 0.444 e. The number of pyridine rings is 1. The van der Waals surface area contributed by atoms with Gasteiger partial charge in [0, 0.05) is 49.4 Å². The molecule has 0 unspecified atom stereocenters. The Morgan fingerprint density at radius 3 is 2.54 bits per heavy atom. The summed E-state index contributed by atoms with van der Waals surface area (Å²) in [6, 6.07) is 10.8. The lowest BCUT2D eigenvalue weighted by atomic mass is 9.91. The molecular formula is C31H42N4O4. The molecule has 1 aliphatic rings. The summed E-state index contributed by atoms with van der Waals surface area (Å²) in [4.78, 5) is 42.9. The molecule has 3 amide bonds. The van der Waals surface area contributed by atoms with Gasteiger partial charge >= 0.3 is 6.09 Å². The SMILES string of the molecule is CC(C)(C)OC(=O)Nc1cccc(C(=O)N2CCC(CCCCCCNC(=O)/C=C/c3cccnc3)CC2)c1. The van der Waals surface area contributed by atoms with Gasteiger partial charge in [-0.15, -0.1) is 0 Å². The lowest BCUT2D eigenvalue weighted by Crippen LogP contribution is -2.38. The summed E-state index contributed by atoms with van der Waals surface area (Å²) in [5, 5.41) is 5.64. The number of carbonyl (C=O) groups excluding carboxylic acids is 3. The fourth-order valence-corrected chi connectivity index (χ4v) is 4.59. The van der Waals surface area contributed by atoms with E-state index in [-0.39, 0.29) is 11.8 Å². The number of aromatic nitrogens is 1. The molecule has 1 aromatic carbocycles. The maximum absolute atomic E-state index is 13.0. The number of ether oxygens (including phenoxy) is 1. The monoisotopic (exact) mass is 534 g/mol. The minimum absolute atomic E-state index is 0.00128. The van der Waals surface area contributed by atoms with Gasteiger partial charge in [0.2, 0.25) is 5.91 Å². The van der Waals surface area contributed by atoms with E-state index in [1.165, 1.54) is 12.8 Å². The molecule has 0 aliphatic carbocycles. The van der Waals surface area contributed by atoms with E-state index >= 15 is 0 Å². The van der Waals surface area contributed by atoms with Gasteiger partial charge in [0.15, 0.2) is 0 Å². The number of anilines is 1. The topological polar surface area (TPSA) is 101 Å². The molecule has 8 heteroatoms. The predicted octanol–water partition coefficient (Wildman–Crippen LogP) is 6.06. The molecule has 2 aromatic rings. The minimum atomic E-state index is -0.585. The molecule has 0 saturated carbocycles. The zero-order valence-electron chi connectivity index (χ0n) is 23.4. The van der Waals surface area contributed by atoms with Gasteiger partial charge in [-0.1, -0.05) is 37.8 Å². The van der Waals surface area contributed by atoms with Gasteiger partial charge < -0.3 is 15.0 Å². The second-order valence-corrected chi connectivity index (χ2v) is 11.1. The van der Waals surface area contributed by atoms with Crippen LogP contribution < -0.4 is 10.6 Å². The smallest absolute Gasteiger partial charge is 0.412 e. The first-order valence-electron chi connectivity index (χ1n) is 13.9. The molecule has 0 bridgehead atoms. The van der Waals surface area contributed by atoms with Crippen LogP contribution in [-0.4, -0.2) is 53.0 Å². The molecule has 210 valence electrons. The fourth-order valence-electron chi connectivity index (χ4n) is 4.59. The molecule has 3 rings (SSSR count). The zero-order chi connectivity index (χ0) is 28.1. The summed E-state index contributed by atoms with van der Waals surface area (Å²) in [6.45, 7) is 7.62. The van der Waals surface area contributed by atoms with Gasteiger partial charge in [-0.05, 0) is 81.9 Å². The summed E-state index contributed by atoms with van der Waals surface area (Å²) in [7, 11) is 0. The van der Waals surface area contributed by atoms with Crippen LogP contribution in [0, 0.1) is 5.92 Å². The Labute approximate surface area is 232 Å². The molecule has 1 fully saturated rings. The number of carbonyl (C=O) groups is 3. The number of hydrogen-bond acceptors (Lipinski definition) is 5. The van der Waals surface area contributed by atoms with Crippen molar-refractivity contribution in [3.8, 4) is 0 Å². The molecule has 1 aliphatic heterocycles. The predicted molar refractivity (Wildman–Crippen MR) is 154 cm³/mol. The minimum Gasteiger partial charge on any atom is -0.444 e. The average molecular weight is 535 g/mol. The van der Waals surface area contributed by atoms with E-state index in [0.29, 0.717) is 23.7 Å². The normalized spacial score (nSPS) is 14.3. The number of benzene rings is 1. The van der Waals surface area contributed by atoms with Crippen LogP contribution in [0.15, 0.2) is 54.9 Å². The maximum Gasteiger partial charge on any atom is 0.412 e. The zero-order valence-corrected chi connectivity index (χ0v) is 23.4. The number of hydrogen-bond donors (Lipinski definition) is 2. The van der Waals surface area contributed by atoms with Crippen LogP contribution in [0.3, 0.4) is 0 Å². The molecule has 2 N–H and O–H groups in total. The second kappa shape index (κ2) is 15.0. The first-order valence-corrected chi connectivity index (χ1v) is 13.9. The first-order chi connectivity index (χ1) is 18.7. The Balaban J connectivity index is 1.27. The highest BCUT2D eigenvalue weighted by molar-refractivity contribution is 5.96. The van der Waals surface area contributed by atoms with Crippen LogP contribution >= 0.6 is 0 Å². The van der Waals surface area contributed by atoms with Crippen molar-refractivity contribution in [2.75, 3.05) is 25.0 Å². The molecule has 1 aromatic heterocycles. The van der Waals surface area contributed by atoms with Crippen molar-refractivity contribution in [1.29, 1.82) is 0 Å². The average Bonchev–Trinajstić information content (AvgIpc) is 2.91. The van der Waals surface area contributed by atoms with Gasteiger partial charge in [0.05, 0.1) is 0 Å². The van der Waals surface area contributed by atoms with Crippen molar-refractivity contribution in [3.05, 3.63) is 66.0 Å². The van der Waals surface area contributed by atoms with E-state index in [2.05, 4.69) is 15.6 Å². The van der Waals surface area contributed by atoms with E-state index < -0.39 is 11.7 Å². The number of likely N-dealkylation sites (tertiary alicyclic amines) is 1. The van der Waals surface area contributed by atoms with Crippen molar-refractivity contribution in [3.63, 3.8) is 0 Å².